The lowest BCUT2D eigenvalue weighted by Crippen LogP contribution is -1.94. The molecule has 0 aliphatic carbocycles. The average Bonchev–Trinajstić information content (AvgIpc) is 1.57. The summed E-state index contributed by atoms with van der Waals surface area (Å²) in [4.78, 5) is 0. The van der Waals surface area contributed by atoms with Crippen LogP contribution in [0.1, 0.15) is 46.6 Å². The smallest absolute Gasteiger partial charge is 0.137 e. The third-order valence-corrected chi connectivity index (χ3v) is 9.12. The van der Waals surface area contributed by atoms with Crippen molar-refractivity contribution in [2.24, 2.45) is 0 Å². The zero-order valence-electron chi connectivity index (χ0n) is 62.3. The number of fused-ring (bicyclic) bond motifs is 9. The minimum absolute atomic E-state index is 0.525. The first-order chi connectivity index (χ1) is 42.4. The minimum Gasteiger partial charge on any atom is -0.456 e. The molecule has 0 atom stereocenters. The Morgan fingerprint density at radius 1 is 0.281 bits per heavy atom. The Balaban J connectivity index is 1.19. The maximum Gasteiger partial charge on any atom is 0.137 e. The van der Waals surface area contributed by atoms with Gasteiger partial charge in [0.1, 0.15) is 11.2 Å². The standard InChI is InChI=1S/C54H34N2O/c1-3-11-35(12-4-1)37-19-24-41(25-20-37)55-49-17-9-7-15-43(49)46-31-39(21-28-51(46)55)40-22-29-52-47(32-40)44-16-8-10-18-50(44)56(52)42-26-27-45-48-33-38(36-13-5-2-6-14-36)23-30-53(48)57-54(45)34-42/h1-34H/i1D,2D,3D,4D,5D,6D,7D,8D,9D,10D,11D,12D,13D,14D,15D,16D,17D,18D,19D,20D,21D,22D,23D,24D,25D,26D,27D,28D,29D,30D,31D,32D,33D,34D. The van der Waals surface area contributed by atoms with Crippen molar-refractivity contribution in [3.8, 4) is 44.8 Å². The molecular formula is C54H34N2O. The van der Waals surface area contributed by atoms with Crippen LogP contribution >= 0.6 is 0 Å². The predicted octanol–water partition coefficient (Wildman–Crippen LogP) is 14.8. The van der Waals surface area contributed by atoms with Crippen molar-refractivity contribution in [3.05, 3.63) is 205 Å². The van der Waals surface area contributed by atoms with E-state index in [9.17, 15) is 21.9 Å². The Bertz CT molecular complexity index is 5440. The second-order valence-corrected chi connectivity index (χ2v) is 12.3. The zero-order valence-corrected chi connectivity index (χ0v) is 28.3. The number of aromatic nitrogens is 2. The Labute approximate surface area is 376 Å². The molecule has 0 fully saturated rings. The Hall–Kier alpha value is -7.62. The summed E-state index contributed by atoms with van der Waals surface area (Å²) in [6.07, 6.45) is 0. The highest BCUT2D eigenvalue weighted by molar-refractivity contribution is 6.13. The van der Waals surface area contributed by atoms with Crippen LogP contribution in [0.25, 0.3) is 110 Å². The second kappa shape index (κ2) is 12.5. The summed E-state index contributed by atoms with van der Waals surface area (Å²) >= 11 is 0. The third-order valence-electron chi connectivity index (χ3n) is 9.12. The van der Waals surface area contributed by atoms with E-state index in [0.717, 1.165) is 0 Å². The summed E-state index contributed by atoms with van der Waals surface area (Å²) in [5.41, 5.74) is -10.6. The molecule has 3 heterocycles. The van der Waals surface area contributed by atoms with Gasteiger partial charge in [-0.1, -0.05) is 127 Å². The monoisotopic (exact) mass is 760 g/mol. The molecule has 12 rings (SSSR count). The van der Waals surface area contributed by atoms with Gasteiger partial charge in [0.2, 0.25) is 0 Å². The highest BCUT2D eigenvalue weighted by atomic mass is 16.3. The largest absolute Gasteiger partial charge is 0.456 e. The molecular weight excluding hydrogens is 693 g/mol. The Kier molecular flexibility index (Phi) is 2.84. The highest BCUT2D eigenvalue weighted by Gasteiger charge is 2.17. The maximum absolute atomic E-state index is 9.97. The summed E-state index contributed by atoms with van der Waals surface area (Å²) < 4.78 is 314. The van der Waals surface area contributed by atoms with Crippen LogP contribution in [-0.2, 0) is 0 Å². The van der Waals surface area contributed by atoms with Gasteiger partial charge in [0.05, 0.1) is 68.7 Å². The molecule has 57 heavy (non-hydrogen) atoms. The number of hydrogen-bond acceptors (Lipinski definition) is 1. The summed E-state index contributed by atoms with van der Waals surface area (Å²) in [5.74, 6) is 0. The molecule has 0 saturated heterocycles. The van der Waals surface area contributed by atoms with E-state index in [4.69, 9.17) is 29.1 Å². The van der Waals surface area contributed by atoms with Gasteiger partial charge < -0.3 is 13.6 Å². The molecule has 0 amide bonds. The van der Waals surface area contributed by atoms with Crippen molar-refractivity contribution in [1.29, 1.82) is 0 Å². The SMILES string of the molecule is [2H]c1c([2H])c([2H])c(-c2c([2H])c([2H])c(-n3c4c([2H])c([2H])c([2H])c([2H])c4c4c([2H])c(-c5c([2H])c([2H])c6c(c5[2H])c5c([2H])c([2H])c([2H])c([2H])c5n6-c5c([2H])c([2H])c6c(oc7c([2H])c([2H])c(-c8c([2H])c([2H])c([2H])c([2H])c8[2H])c([2H])c76)c5[2H])c([2H])c([2H])c43)c([2H])c2[2H])c([2H])c1[2H]. The van der Waals surface area contributed by atoms with Crippen LogP contribution in [0.15, 0.2) is 210 Å². The lowest BCUT2D eigenvalue weighted by molar-refractivity contribution is 0.668. The fourth-order valence-electron chi connectivity index (χ4n) is 6.64. The van der Waals surface area contributed by atoms with E-state index in [1.807, 2.05) is 0 Å². The van der Waals surface area contributed by atoms with Crippen LogP contribution in [0.5, 0.6) is 0 Å². The van der Waals surface area contributed by atoms with Gasteiger partial charge in [-0.05, 0) is 106 Å². The van der Waals surface area contributed by atoms with Gasteiger partial charge in [0.25, 0.3) is 0 Å². The van der Waals surface area contributed by atoms with E-state index >= 15 is 0 Å². The van der Waals surface area contributed by atoms with Gasteiger partial charge in [-0.25, -0.2) is 0 Å². The van der Waals surface area contributed by atoms with Crippen molar-refractivity contribution in [3.63, 3.8) is 0 Å². The van der Waals surface area contributed by atoms with Crippen molar-refractivity contribution in [2.45, 2.75) is 0 Å². The summed E-state index contributed by atoms with van der Waals surface area (Å²) in [6.45, 7) is 0. The van der Waals surface area contributed by atoms with E-state index in [0.29, 0.717) is 9.13 Å². The number of furan rings is 1. The van der Waals surface area contributed by atoms with Crippen LogP contribution in [0.2, 0.25) is 0 Å². The fourth-order valence-corrected chi connectivity index (χ4v) is 6.64. The molecule has 3 aromatic heterocycles. The van der Waals surface area contributed by atoms with Gasteiger partial charge in [0.15, 0.2) is 0 Å². The summed E-state index contributed by atoms with van der Waals surface area (Å²) in [6, 6.07) is -32.4. The van der Waals surface area contributed by atoms with Crippen LogP contribution in [-0.4, -0.2) is 9.13 Å². The minimum atomic E-state index is -1.11. The van der Waals surface area contributed by atoms with Crippen LogP contribution in [0.3, 0.4) is 0 Å². The first-order valence-corrected chi connectivity index (χ1v) is 16.7. The van der Waals surface area contributed by atoms with E-state index in [-0.39, 0.29) is 0 Å². The number of benzene rings is 9. The number of hydrogen-bond donors (Lipinski definition) is 0. The fraction of sp³-hybridized carbons (Fsp3) is 0. The van der Waals surface area contributed by atoms with E-state index in [1.165, 1.54) is 0 Å². The van der Waals surface area contributed by atoms with Gasteiger partial charge in [-0.2, -0.15) is 0 Å². The van der Waals surface area contributed by atoms with Gasteiger partial charge in [0, 0.05) is 49.7 Å². The molecule has 0 aliphatic rings. The van der Waals surface area contributed by atoms with E-state index in [1.54, 1.807) is 0 Å². The highest BCUT2D eigenvalue weighted by Crippen LogP contribution is 2.40. The normalized spacial score (nSPS) is 20.2. The lowest BCUT2D eigenvalue weighted by atomic mass is 10.0. The lowest BCUT2D eigenvalue weighted by Gasteiger charge is -2.10. The molecule has 0 unspecified atom stereocenters. The molecule has 0 aliphatic heterocycles. The van der Waals surface area contributed by atoms with Crippen LogP contribution in [0.4, 0.5) is 0 Å². The number of rotatable bonds is 5. The maximum atomic E-state index is 9.97. The number of para-hydroxylation sites is 2. The molecule has 3 heteroatoms. The van der Waals surface area contributed by atoms with E-state index < -0.39 is 316 Å². The third kappa shape index (κ3) is 4.99. The first kappa shape index (κ1) is 13.0. The molecule has 12 aromatic rings. The Morgan fingerprint density at radius 3 is 1.35 bits per heavy atom. The topological polar surface area (TPSA) is 23.0 Å². The van der Waals surface area contributed by atoms with E-state index in [2.05, 4.69) is 0 Å². The first-order valence-electron chi connectivity index (χ1n) is 33.7. The van der Waals surface area contributed by atoms with Crippen LogP contribution in [0, 0.1) is 0 Å². The quantitative estimate of drug-likeness (QED) is 0.171. The van der Waals surface area contributed by atoms with Gasteiger partial charge >= 0.3 is 0 Å². The summed E-state index contributed by atoms with van der Waals surface area (Å²) in [7, 11) is 0. The molecule has 266 valence electrons. The molecule has 0 bridgehead atoms. The molecule has 3 nitrogen and oxygen atoms in total. The molecule has 9 aromatic carbocycles. The molecule has 0 radical (unpaired) electrons. The Morgan fingerprint density at radius 2 is 0.719 bits per heavy atom. The molecule has 0 spiro atoms. The zero-order chi connectivity index (χ0) is 67.0. The molecule has 0 N–H and O–H groups in total. The van der Waals surface area contributed by atoms with Gasteiger partial charge in [-0.3, -0.25) is 0 Å². The van der Waals surface area contributed by atoms with Crippen molar-refractivity contribution in [2.75, 3.05) is 0 Å². The van der Waals surface area contributed by atoms with Crippen molar-refractivity contribution in [1.82, 2.24) is 9.13 Å². The van der Waals surface area contributed by atoms with Gasteiger partial charge in [-0.15, -0.1) is 0 Å². The summed E-state index contributed by atoms with van der Waals surface area (Å²) in [5, 5.41) is -3.76. The van der Waals surface area contributed by atoms with Crippen molar-refractivity contribution >= 4 is 65.6 Å². The van der Waals surface area contributed by atoms with Crippen molar-refractivity contribution < 1.29 is 51.0 Å². The molecule has 0 saturated carbocycles. The number of nitrogens with zero attached hydrogens (tertiary/aromatic N) is 2. The average molecular weight is 761 g/mol. The van der Waals surface area contributed by atoms with Crippen LogP contribution < -0.4 is 0 Å². The predicted molar refractivity (Wildman–Crippen MR) is 239 cm³/mol. The second-order valence-electron chi connectivity index (χ2n) is 12.3.